The fourth-order valence-electron chi connectivity index (χ4n) is 3.37. The van der Waals surface area contributed by atoms with Crippen LogP contribution in [0.2, 0.25) is 0 Å². The molecular weight excluding hydrogens is 300 g/mol. The minimum absolute atomic E-state index is 0.00206. The molecular formula is C16H20N2O5. The van der Waals surface area contributed by atoms with E-state index in [1.165, 1.54) is 30.7 Å². The molecule has 0 radical (unpaired) electrons. The summed E-state index contributed by atoms with van der Waals surface area (Å²) in [5, 5.41) is 10.6. The predicted octanol–water partition coefficient (Wildman–Crippen LogP) is 2.49. The van der Waals surface area contributed by atoms with E-state index >= 15 is 0 Å². The first-order valence-electron chi connectivity index (χ1n) is 7.92. The molecule has 1 spiro atoms. The molecule has 2 aliphatic rings. The summed E-state index contributed by atoms with van der Waals surface area (Å²) < 4.78 is 11.4. The molecule has 1 amide bonds. The van der Waals surface area contributed by atoms with Crippen molar-refractivity contribution in [2.24, 2.45) is 0 Å². The van der Waals surface area contributed by atoms with Gasteiger partial charge in [-0.1, -0.05) is 6.42 Å². The van der Waals surface area contributed by atoms with Gasteiger partial charge in [0.15, 0.2) is 6.61 Å². The van der Waals surface area contributed by atoms with Crippen molar-refractivity contribution in [1.29, 1.82) is 0 Å². The number of non-ortho nitro benzene ring substituents is 1. The second-order valence-electron chi connectivity index (χ2n) is 5.94. The van der Waals surface area contributed by atoms with Crippen molar-refractivity contribution in [3.05, 3.63) is 34.4 Å². The van der Waals surface area contributed by atoms with Crippen LogP contribution < -0.4 is 4.74 Å². The first-order chi connectivity index (χ1) is 11.1. The Balaban J connectivity index is 1.59. The summed E-state index contributed by atoms with van der Waals surface area (Å²) >= 11 is 0. The smallest absolute Gasteiger partial charge is 0.269 e. The van der Waals surface area contributed by atoms with Gasteiger partial charge in [0, 0.05) is 18.7 Å². The topological polar surface area (TPSA) is 81.9 Å². The van der Waals surface area contributed by atoms with E-state index in [2.05, 4.69) is 0 Å². The molecule has 0 unspecified atom stereocenters. The van der Waals surface area contributed by atoms with Gasteiger partial charge in [-0.05, 0) is 37.8 Å². The Kier molecular flexibility index (Phi) is 4.47. The van der Waals surface area contributed by atoms with Crippen molar-refractivity contribution in [3.8, 4) is 5.75 Å². The molecule has 1 aromatic rings. The van der Waals surface area contributed by atoms with Gasteiger partial charge >= 0.3 is 0 Å². The van der Waals surface area contributed by atoms with Crippen molar-refractivity contribution >= 4 is 11.6 Å². The lowest BCUT2D eigenvalue weighted by molar-refractivity contribution is -0.384. The van der Waals surface area contributed by atoms with Gasteiger partial charge in [-0.15, -0.1) is 0 Å². The number of nitro groups is 1. The van der Waals surface area contributed by atoms with Crippen molar-refractivity contribution in [2.75, 3.05) is 19.8 Å². The summed E-state index contributed by atoms with van der Waals surface area (Å²) in [7, 11) is 0. The zero-order valence-electron chi connectivity index (χ0n) is 12.9. The van der Waals surface area contributed by atoms with Gasteiger partial charge in [0.1, 0.15) is 11.5 Å². The second-order valence-corrected chi connectivity index (χ2v) is 5.94. The first-order valence-corrected chi connectivity index (χ1v) is 7.92. The van der Waals surface area contributed by atoms with E-state index in [9.17, 15) is 14.9 Å². The van der Waals surface area contributed by atoms with Crippen LogP contribution in [0.3, 0.4) is 0 Å². The quantitative estimate of drug-likeness (QED) is 0.629. The predicted molar refractivity (Wildman–Crippen MR) is 82.1 cm³/mol. The third-order valence-electron chi connectivity index (χ3n) is 4.52. The molecule has 2 fully saturated rings. The summed E-state index contributed by atoms with van der Waals surface area (Å²) in [6.45, 7) is 1.09. The van der Waals surface area contributed by atoms with E-state index in [0.29, 0.717) is 18.9 Å². The van der Waals surface area contributed by atoms with E-state index in [-0.39, 0.29) is 18.2 Å². The molecule has 1 aliphatic carbocycles. The molecule has 1 saturated carbocycles. The van der Waals surface area contributed by atoms with Gasteiger partial charge in [-0.2, -0.15) is 0 Å². The monoisotopic (exact) mass is 320 g/mol. The number of carbonyl (C=O) groups excluding carboxylic acids is 1. The normalized spacial score (nSPS) is 19.7. The zero-order valence-corrected chi connectivity index (χ0v) is 12.9. The molecule has 0 N–H and O–H groups in total. The maximum absolute atomic E-state index is 12.5. The highest BCUT2D eigenvalue weighted by atomic mass is 16.6. The van der Waals surface area contributed by atoms with Crippen molar-refractivity contribution in [2.45, 2.75) is 37.8 Å². The van der Waals surface area contributed by atoms with E-state index < -0.39 is 10.6 Å². The molecule has 1 saturated heterocycles. The van der Waals surface area contributed by atoms with Crippen molar-refractivity contribution in [3.63, 3.8) is 0 Å². The Morgan fingerprint density at radius 2 is 1.96 bits per heavy atom. The number of amides is 1. The van der Waals surface area contributed by atoms with Crippen LogP contribution in [0.4, 0.5) is 5.69 Å². The second kappa shape index (κ2) is 6.54. The highest BCUT2D eigenvalue weighted by Gasteiger charge is 2.45. The highest BCUT2D eigenvalue weighted by Crippen LogP contribution is 2.38. The number of carbonyl (C=O) groups is 1. The van der Waals surface area contributed by atoms with E-state index in [4.69, 9.17) is 9.47 Å². The van der Waals surface area contributed by atoms with Crippen LogP contribution in [-0.2, 0) is 9.53 Å². The average Bonchev–Trinajstić information content (AvgIpc) is 2.96. The fraction of sp³-hybridized carbons (Fsp3) is 0.562. The molecule has 3 rings (SSSR count). The van der Waals surface area contributed by atoms with Crippen molar-refractivity contribution < 1.29 is 19.2 Å². The number of nitrogens with zero attached hydrogens (tertiary/aromatic N) is 2. The zero-order chi connectivity index (χ0) is 16.3. The maximum Gasteiger partial charge on any atom is 0.269 e. The molecule has 7 heteroatoms. The molecule has 0 bridgehead atoms. The third-order valence-corrected chi connectivity index (χ3v) is 4.52. The maximum atomic E-state index is 12.5. The first kappa shape index (κ1) is 15.7. The summed E-state index contributed by atoms with van der Waals surface area (Å²) in [5.74, 6) is 0.351. The highest BCUT2D eigenvalue weighted by molar-refractivity contribution is 5.78. The minimum atomic E-state index is -0.469. The number of rotatable bonds is 4. The van der Waals surface area contributed by atoms with Crippen LogP contribution in [0.25, 0.3) is 0 Å². The fourth-order valence-corrected chi connectivity index (χ4v) is 3.37. The summed E-state index contributed by atoms with van der Waals surface area (Å²) in [6.07, 6.45) is 5.11. The van der Waals surface area contributed by atoms with Crippen LogP contribution in [0.5, 0.6) is 5.75 Å². The standard InChI is InChI=1S/C16H20N2O5/c19-15(12-22-14-6-4-13(5-7-14)18(20)21)17-10-11-23-16(17)8-2-1-3-9-16/h4-7H,1-3,8-12H2. The van der Waals surface area contributed by atoms with Gasteiger partial charge in [-0.3, -0.25) is 14.9 Å². The molecule has 1 aromatic carbocycles. The Bertz CT molecular complexity index is 581. The largest absolute Gasteiger partial charge is 0.484 e. The lowest BCUT2D eigenvalue weighted by Gasteiger charge is -2.39. The van der Waals surface area contributed by atoms with E-state index in [1.54, 1.807) is 4.90 Å². The summed E-state index contributed by atoms with van der Waals surface area (Å²) in [6, 6.07) is 5.73. The molecule has 0 atom stereocenters. The lowest BCUT2D eigenvalue weighted by Crippen LogP contribution is -2.50. The van der Waals surface area contributed by atoms with Crippen LogP contribution >= 0.6 is 0 Å². The Hall–Kier alpha value is -2.15. The van der Waals surface area contributed by atoms with Crippen LogP contribution in [-0.4, -0.2) is 41.2 Å². The number of ether oxygens (including phenoxy) is 2. The number of hydrogen-bond donors (Lipinski definition) is 0. The summed E-state index contributed by atoms with van der Waals surface area (Å²) in [5.41, 5.74) is -0.438. The minimum Gasteiger partial charge on any atom is -0.484 e. The average molecular weight is 320 g/mol. The van der Waals surface area contributed by atoms with Crippen LogP contribution in [0, 0.1) is 10.1 Å². The van der Waals surface area contributed by atoms with Gasteiger partial charge in [-0.25, -0.2) is 0 Å². The van der Waals surface area contributed by atoms with Crippen LogP contribution in [0.15, 0.2) is 24.3 Å². The van der Waals surface area contributed by atoms with Gasteiger partial charge in [0.2, 0.25) is 0 Å². The van der Waals surface area contributed by atoms with Gasteiger partial charge in [0.05, 0.1) is 11.5 Å². The lowest BCUT2D eigenvalue weighted by atomic mass is 9.90. The Labute approximate surface area is 134 Å². The number of hydrogen-bond acceptors (Lipinski definition) is 5. The Morgan fingerprint density at radius 1 is 1.26 bits per heavy atom. The number of benzene rings is 1. The molecule has 1 aliphatic heterocycles. The molecule has 23 heavy (non-hydrogen) atoms. The van der Waals surface area contributed by atoms with Gasteiger partial charge in [0.25, 0.3) is 11.6 Å². The molecule has 7 nitrogen and oxygen atoms in total. The summed E-state index contributed by atoms with van der Waals surface area (Å²) in [4.78, 5) is 24.4. The molecule has 124 valence electrons. The van der Waals surface area contributed by atoms with Crippen molar-refractivity contribution in [1.82, 2.24) is 4.90 Å². The van der Waals surface area contributed by atoms with E-state index in [1.807, 2.05) is 0 Å². The SMILES string of the molecule is O=C(COc1ccc([N+](=O)[O-])cc1)N1CCOC12CCCCC2. The van der Waals surface area contributed by atoms with E-state index in [0.717, 1.165) is 25.7 Å². The molecule has 0 aromatic heterocycles. The third kappa shape index (κ3) is 3.29. The van der Waals surface area contributed by atoms with Gasteiger partial charge < -0.3 is 14.4 Å². The molecule has 1 heterocycles. The number of nitro benzene ring substituents is 1. The Morgan fingerprint density at radius 3 is 2.61 bits per heavy atom. The van der Waals surface area contributed by atoms with Crippen LogP contribution in [0.1, 0.15) is 32.1 Å².